The zero-order valence-electron chi connectivity index (χ0n) is 11.0. The quantitative estimate of drug-likeness (QED) is 0.705. The predicted molar refractivity (Wildman–Crippen MR) is 70.5 cm³/mol. The Labute approximate surface area is 104 Å². The third-order valence-electron chi connectivity index (χ3n) is 2.79. The molecule has 17 heavy (non-hydrogen) atoms. The summed E-state index contributed by atoms with van der Waals surface area (Å²) in [6, 6.07) is 8.63. The molecular formula is C14H23NO2. The van der Waals surface area contributed by atoms with Gasteiger partial charge < -0.3 is 14.8 Å². The van der Waals surface area contributed by atoms with Crippen molar-refractivity contribution >= 4 is 0 Å². The molecule has 0 saturated heterocycles. The van der Waals surface area contributed by atoms with Crippen molar-refractivity contribution in [1.29, 1.82) is 0 Å². The maximum atomic E-state index is 5.26. The van der Waals surface area contributed by atoms with Crippen molar-refractivity contribution in [3.8, 4) is 5.75 Å². The van der Waals surface area contributed by atoms with Gasteiger partial charge in [-0.2, -0.15) is 0 Å². The van der Waals surface area contributed by atoms with Crippen LogP contribution >= 0.6 is 0 Å². The molecule has 1 rings (SSSR count). The molecular weight excluding hydrogens is 214 g/mol. The molecule has 3 heteroatoms. The second-order valence-electron chi connectivity index (χ2n) is 4.02. The molecule has 0 heterocycles. The summed E-state index contributed by atoms with van der Waals surface area (Å²) in [6.45, 7) is 3.91. The van der Waals surface area contributed by atoms with E-state index in [9.17, 15) is 0 Å². The van der Waals surface area contributed by atoms with Gasteiger partial charge in [0.05, 0.1) is 7.11 Å². The van der Waals surface area contributed by atoms with Gasteiger partial charge in [-0.25, -0.2) is 0 Å². The highest BCUT2D eigenvalue weighted by molar-refractivity contribution is 5.30. The van der Waals surface area contributed by atoms with Gasteiger partial charge >= 0.3 is 0 Å². The summed E-state index contributed by atoms with van der Waals surface area (Å²) >= 11 is 0. The lowest BCUT2D eigenvalue weighted by Gasteiger charge is -2.18. The number of rotatable bonds is 8. The zero-order valence-corrected chi connectivity index (χ0v) is 11.0. The highest BCUT2D eigenvalue weighted by Crippen LogP contribution is 2.22. The Morgan fingerprint density at radius 1 is 1.29 bits per heavy atom. The van der Waals surface area contributed by atoms with E-state index in [1.165, 1.54) is 5.56 Å². The lowest BCUT2D eigenvalue weighted by Crippen LogP contribution is -2.21. The molecule has 96 valence electrons. The molecule has 1 atom stereocenters. The molecule has 1 N–H and O–H groups in total. The molecule has 0 fully saturated rings. The number of benzene rings is 1. The van der Waals surface area contributed by atoms with E-state index in [1.807, 2.05) is 12.1 Å². The normalized spacial score (nSPS) is 12.4. The highest BCUT2D eigenvalue weighted by atomic mass is 16.5. The number of hydrogen-bond donors (Lipinski definition) is 1. The minimum Gasteiger partial charge on any atom is -0.497 e. The summed E-state index contributed by atoms with van der Waals surface area (Å²) in [5.74, 6) is 0.914. The first-order valence-corrected chi connectivity index (χ1v) is 6.18. The zero-order chi connectivity index (χ0) is 12.5. The van der Waals surface area contributed by atoms with Crippen molar-refractivity contribution in [2.45, 2.75) is 25.8 Å². The van der Waals surface area contributed by atoms with Crippen molar-refractivity contribution in [3.63, 3.8) is 0 Å². The van der Waals surface area contributed by atoms with E-state index < -0.39 is 0 Å². The molecule has 1 unspecified atom stereocenters. The molecule has 0 bridgehead atoms. The van der Waals surface area contributed by atoms with Crippen LogP contribution in [0.1, 0.15) is 31.4 Å². The summed E-state index contributed by atoms with van der Waals surface area (Å²) in [6.07, 6.45) is 2.14. The van der Waals surface area contributed by atoms with Gasteiger partial charge in [0, 0.05) is 19.8 Å². The second-order valence-corrected chi connectivity index (χ2v) is 4.02. The Balaban J connectivity index is 2.66. The molecule has 0 aromatic heterocycles. The lowest BCUT2D eigenvalue weighted by atomic mass is 10.0. The molecule has 0 amide bonds. The first-order chi connectivity index (χ1) is 8.31. The molecule has 1 aromatic carbocycles. The third-order valence-corrected chi connectivity index (χ3v) is 2.79. The fraction of sp³-hybridized carbons (Fsp3) is 0.571. The van der Waals surface area contributed by atoms with Gasteiger partial charge in [0.2, 0.25) is 0 Å². The van der Waals surface area contributed by atoms with Gasteiger partial charge in [0.25, 0.3) is 0 Å². The van der Waals surface area contributed by atoms with E-state index in [-0.39, 0.29) is 0 Å². The SMILES string of the molecule is CCNC(CCCOC)c1cccc(OC)c1. The Morgan fingerprint density at radius 2 is 2.12 bits per heavy atom. The van der Waals surface area contributed by atoms with Gasteiger partial charge in [-0.3, -0.25) is 0 Å². The van der Waals surface area contributed by atoms with Crippen LogP contribution < -0.4 is 10.1 Å². The maximum absolute atomic E-state index is 5.26. The summed E-state index contributed by atoms with van der Waals surface area (Å²) in [5, 5.41) is 3.50. The molecule has 0 aliphatic heterocycles. The summed E-state index contributed by atoms with van der Waals surface area (Å²) < 4.78 is 10.4. The van der Waals surface area contributed by atoms with Crippen molar-refractivity contribution in [1.82, 2.24) is 5.32 Å². The standard InChI is InChI=1S/C14H23NO2/c1-4-15-14(9-6-10-16-2)12-7-5-8-13(11-12)17-3/h5,7-8,11,14-15H,4,6,9-10H2,1-3H3. The topological polar surface area (TPSA) is 30.5 Å². The minimum absolute atomic E-state index is 0.380. The van der Waals surface area contributed by atoms with Gasteiger partial charge in [0.1, 0.15) is 5.75 Å². The molecule has 0 aliphatic carbocycles. The second kappa shape index (κ2) is 8.09. The summed E-state index contributed by atoms with van der Waals surface area (Å²) in [4.78, 5) is 0. The number of ether oxygens (including phenoxy) is 2. The van der Waals surface area contributed by atoms with Gasteiger partial charge in [-0.15, -0.1) is 0 Å². The van der Waals surface area contributed by atoms with E-state index in [0.29, 0.717) is 6.04 Å². The van der Waals surface area contributed by atoms with Crippen LogP contribution in [0, 0.1) is 0 Å². The number of methoxy groups -OCH3 is 2. The number of hydrogen-bond acceptors (Lipinski definition) is 3. The summed E-state index contributed by atoms with van der Waals surface area (Å²) in [7, 11) is 3.44. The van der Waals surface area contributed by atoms with Crippen LogP contribution in [0.2, 0.25) is 0 Å². The monoisotopic (exact) mass is 237 g/mol. The van der Waals surface area contributed by atoms with Crippen LogP contribution in [0.5, 0.6) is 5.75 Å². The van der Waals surface area contributed by atoms with Crippen LogP contribution in [-0.4, -0.2) is 27.4 Å². The van der Waals surface area contributed by atoms with E-state index in [0.717, 1.165) is 31.7 Å². The Morgan fingerprint density at radius 3 is 2.76 bits per heavy atom. The Bertz CT molecular complexity index is 315. The highest BCUT2D eigenvalue weighted by Gasteiger charge is 2.10. The van der Waals surface area contributed by atoms with Crippen LogP contribution in [-0.2, 0) is 4.74 Å². The first-order valence-electron chi connectivity index (χ1n) is 6.18. The van der Waals surface area contributed by atoms with Crippen molar-refractivity contribution in [3.05, 3.63) is 29.8 Å². The average molecular weight is 237 g/mol. The van der Waals surface area contributed by atoms with E-state index in [1.54, 1.807) is 14.2 Å². The molecule has 0 saturated carbocycles. The smallest absolute Gasteiger partial charge is 0.119 e. The summed E-state index contributed by atoms with van der Waals surface area (Å²) in [5.41, 5.74) is 1.28. The van der Waals surface area contributed by atoms with Crippen LogP contribution in [0.3, 0.4) is 0 Å². The molecule has 0 radical (unpaired) electrons. The number of nitrogens with one attached hydrogen (secondary N) is 1. The Hall–Kier alpha value is -1.06. The lowest BCUT2D eigenvalue weighted by molar-refractivity contribution is 0.189. The van der Waals surface area contributed by atoms with Gasteiger partial charge in [0.15, 0.2) is 0 Å². The van der Waals surface area contributed by atoms with Crippen molar-refractivity contribution in [2.24, 2.45) is 0 Å². The minimum atomic E-state index is 0.380. The van der Waals surface area contributed by atoms with E-state index >= 15 is 0 Å². The third kappa shape index (κ3) is 4.75. The van der Waals surface area contributed by atoms with Crippen LogP contribution in [0.4, 0.5) is 0 Å². The average Bonchev–Trinajstić information content (AvgIpc) is 2.38. The Kier molecular flexibility index (Phi) is 6.67. The van der Waals surface area contributed by atoms with Crippen LogP contribution in [0.25, 0.3) is 0 Å². The van der Waals surface area contributed by atoms with Gasteiger partial charge in [-0.1, -0.05) is 19.1 Å². The van der Waals surface area contributed by atoms with Crippen molar-refractivity contribution < 1.29 is 9.47 Å². The largest absolute Gasteiger partial charge is 0.497 e. The van der Waals surface area contributed by atoms with E-state index in [2.05, 4.69) is 24.4 Å². The molecule has 3 nitrogen and oxygen atoms in total. The van der Waals surface area contributed by atoms with Crippen molar-refractivity contribution in [2.75, 3.05) is 27.4 Å². The van der Waals surface area contributed by atoms with Gasteiger partial charge in [-0.05, 0) is 37.1 Å². The van der Waals surface area contributed by atoms with Crippen LogP contribution in [0.15, 0.2) is 24.3 Å². The fourth-order valence-electron chi connectivity index (χ4n) is 1.92. The van der Waals surface area contributed by atoms with E-state index in [4.69, 9.17) is 9.47 Å². The maximum Gasteiger partial charge on any atom is 0.119 e. The molecule has 0 aliphatic rings. The predicted octanol–water partition coefficient (Wildman–Crippen LogP) is 2.77. The molecule has 1 aromatic rings. The first kappa shape index (κ1) is 14.0. The fourth-order valence-corrected chi connectivity index (χ4v) is 1.92. The molecule has 0 spiro atoms.